The smallest absolute Gasteiger partial charge is 0.136 e. The van der Waals surface area contributed by atoms with E-state index in [9.17, 15) is 0 Å². The molecule has 1 nitrogen and oxygen atoms in total. The third-order valence-corrected chi connectivity index (χ3v) is 12.3. The lowest BCUT2D eigenvalue weighted by molar-refractivity contribution is 0.669. The Kier molecular flexibility index (Phi) is 6.62. The molecule has 12 rings (SSSR count). The summed E-state index contributed by atoms with van der Waals surface area (Å²) in [7, 11) is 0. The minimum Gasteiger partial charge on any atom is -0.456 e. The number of hydrogen-bond acceptors (Lipinski definition) is 1. The van der Waals surface area contributed by atoms with E-state index in [-0.39, 0.29) is 0 Å². The zero-order valence-corrected chi connectivity index (χ0v) is 30.5. The average Bonchev–Trinajstić information content (AvgIpc) is 3.79. The second-order valence-electron chi connectivity index (χ2n) is 15.2. The van der Waals surface area contributed by atoms with Crippen LogP contribution >= 0.6 is 0 Å². The third kappa shape index (κ3) is 4.37. The highest BCUT2D eigenvalue weighted by atomic mass is 16.3. The van der Waals surface area contributed by atoms with Crippen LogP contribution in [-0.2, 0) is 5.41 Å². The van der Waals surface area contributed by atoms with Gasteiger partial charge in [-0.25, -0.2) is 0 Å². The van der Waals surface area contributed by atoms with Gasteiger partial charge in [-0.3, -0.25) is 0 Å². The second kappa shape index (κ2) is 11.9. The van der Waals surface area contributed by atoms with Crippen molar-refractivity contribution in [2.75, 3.05) is 0 Å². The SMILES string of the molecule is c1ccc(C2(c3ccccc3)c3cc(-c4cccc5oc6cc7ccccc7cc6c45)ccc3-c3c(-c4ccc5ccccc5c4)cc4ccccc4c32)cc1. The molecule has 0 radical (unpaired) electrons. The van der Waals surface area contributed by atoms with Crippen molar-refractivity contribution in [2.45, 2.75) is 5.41 Å². The molecule has 0 aliphatic heterocycles. The fourth-order valence-electron chi connectivity index (χ4n) is 9.87. The fraction of sp³-hybridized carbons (Fsp3) is 0.0182. The molecule has 10 aromatic carbocycles. The normalized spacial score (nSPS) is 13.1. The van der Waals surface area contributed by atoms with Crippen LogP contribution < -0.4 is 0 Å². The van der Waals surface area contributed by atoms with E-state index in [1.54, 1.807) is 0 Å². The van der Waals surface area contributed by atoms with Crippen molar-refractivity contribution in [3.8, 4) is 33.4 Å². The molecule has 0 amide bonds. The number of benzene rings is 10. The summed E-state index contributed by atoms with van der Waals surface area (Å²) in [6, 6.07) is 76.1. The van der Waals surface area contributed by atoms with Gasteiger partial charge in [-0.2, -0.15) is 0 Å². The molecule has 56 heavy (non-hydrogen) atoms. The van der Waals surface area contributed by atoms with Crippen LogP contribution in [0.25, 0.3) is 87.6 Å². The first-order valence-electron chi connectivity index (χ1n) is 19.4. The summed E-state index contributed by atoms with van der Waals surface area (Å²) in [5.74, 6) is 0. The quantitative estimate of drug-likeness (QED) is 0.177. The van der Waals surface area contributed by atoms with Crippen molar-refractivity contribution in [3.63, 3.8) is 0 Å². The van der Waals surface area contributed by atoms with Crippen LogP contribution in [0.4, 0.5) is 0 Å². The molecule has 11 aromatic rings. The van der Waals surface area contributed by atoms with Gasteiger partial charge in [-0.05, 0) is 124 Å². The molecule has 1 aliphatic carbocycles. The predicted molar refractivity (Wildman–Crippen MR) is 234 cm³/mol. The summed E-state index contributed by atoms with van der Waals surface area (Å²) >= 11 is 0. The van der Waals surface area contributed by atoms with E-state index in [0.29, 0.717) is 0 Å². The molecule has 260 valence electrons. The van der Waals surface area contributed by atoms with E-state index in [1.807, 2.05) is 0 Å². The fourth-order valence-corrected chi connectivity index (χ4v) is 9.87. The van der Waals surface area contributed by atoms with E-state index in [1.165, 1.54) is 88.0 Å². The molecule has 1 aromatic heterocycles. The maximum absolute atomic E-state index is 6.59. The van der Waals surface area contributed by atoms with Crippen LogP contribution in [0.2, 0.25) is 0 Å². The highest BCUT2D eigenvalue weighted by Crippen LogP contribution is 2.61. The largest absolute Gasteiger partial charge is 0.456 e. The zero-order valence-electron chi connectivity index (χ0n) is 30.5. The van der Waals surface area contributed by atoms with Gasteiger partial charge in [0.2, 0.25) is 0 Å². The van der Waals surface area contributed by atoms with Crippen LogP contribution in [-0.4, -0.2) is 0 Å². The van der Waals surface area contributed by atoms with Crippen molar-refractivity contribution < 1.29 is 4.42 Å². The zero-order chi connectivity index (χ0) is 36.8. The van der Waals surface area contributed by atoms with Gasteiger partial charge in [0.25, 0.3) is 0 Å². The molecule has 0 spiro atoms. The van der Waals surface area contributed by atoms with Crippen LogP contribution in [0, 0.1) is 0 Å². The summed E-state index contributed by atoms with van der Waals surface area (Å²) in [5.41, 5.74) is 13.7. The first kappa shape index (κ1) is 31.2. The number of rotatable bonds is 4. The van der Waals surface area contributed by atoms with Gasteiger partial charge < -0.3 is 4.42 Å². The van der Waals surface area contributed by atoms with Crippen LogP contribution in [0.5, 0.6) is 0 Å². The maximum atomic E-state index is 6.59. The van der Waals surface area contributed by atoms with Crippen molar-refractivity contribution in [3.05, 3.63) is 229 Å². The van der Waals surface area contributed by atoms with Gasteiger partial charge in [0.15, 0.2) is 0 Å². The maximum Gasteiger partial charge on any atom is 0.136 e. The Hall–Kier alpha value is -7.22. The Morgan fingerprint density at radius 3 is 1.70 bits per heavy atom. The summed E-state index contributed by atoms with van der Waals surface area (Å²) in [5, 5.41) is 9.67. The Morgan fingerprint density at radius 1 is 0.339 bits per heavy atom. The molecule has 0 bridgehead atoms. The molecule has 0 N–H and O–H groups in total. The average molecular weight is 711 g/mol. The monoisotopic (exact) mass is 710 g/mol. The van der Waals surface area contributed by atoms with Crippen LogP contribution in [0.3, 0.4) is 0 Å². The van der Waals surface area contributed by atoms with E-state index < -0.39 is 5.41 Å². The molecule has 0 saturated heterocycles. The van der Waals surface area contributed by atoms with E-state index >= 15 is 0 Å². The minimum absolute atomic E-state index is 0.599. The summed E-state index contributed by atoms with van der Waals surface area (Å²) in [6.07, 6.45) is 0. The molecule has 0 atom stereocenters. The Labute approximate surface area is 324 Å². The lowest BCUT2D eigenvalue weighted by Crippen LogP contribution is -2.29. The summed E-state index contributed by atoms with van der Waals surface area (Å²) in [4.78, 5) is 0. The molecule has 1 heteroatoms. The van der Waals surface area contributed by atoms with Crippen molar-refractivity contribution in [1.29, 1.82) is 0 Å². The first-order chi connectivity index (χ1) is 27.8. The van der Waals surface area contributed by atoms with Crippen LogP contribution in [0.1, 0.15) is 22.3 Å². The Morgan fingerprint density at radius 2 is 0.946 bits per heavy atom. The molecule has 0 fully saturated rings. The second-order valence-corrected chi connectivity index (χ2v) is 15.2. The standard InChI is InChI=1S/C55H34O/c1-3-19-42(20-4-1)55(43-21-5-2-6-22-43)49-33-41(44-24-13-25-50-52(44)48-31-37-16-9-10-17-38(37)34-51(48)56-50)28-29-46(49)53-47(32-39-18-11-12-23-45(39)54(53)55)40-27-26-35-14-7-8-15-36(35)30-40/h1-34H. The predicted octanol–water partition coefficient (Wildman–Crippen LogP) is 14.7. The molecular formula is C55H34O. The minimum atomic E-state index is -0.599. The van der Waals surface area contributed by atoms with Crippen molar-refractivity contribution >= 4 is 54.3 Å². The van der Waals surface area contributed by atoms with Gasteiger partial charge in [-0.1, -0.05) is 170 Å². The number of hydrogen-bond donors (Lipinski definition) is 0. The van der Waals surface area contributed by atoms with Gasteiger partial charge in [0.1, 0.15) is 11.2 Å². The topological polar surface area (TPSA) is 13.1 Å². The molecule has 1 aliphatic rings. The number of fused-ring (bicyclic) bond motifs is 10. The molecule has 0 saturated carbocycles. The van der Waals surface area contributed by atoms with E-state index in [0.717, 1.165) is 21.9 Å². The lowest BCUT2D eigenvalue weighted by atomic mass is 9.66. The third-order valence-electron chi connectivity index (χ3n) is 12.3. The summed E-state index contributed by atoms with van der Waals surface area (Å²) < 4.78 is 6.59. The van der Waals surface area contributed by atoms with Gasteiger partial charge >= 0.3 is 0 Å². The van der Waals surface area contributed by atoms with Crippen molar-refractivity contribution in [1.82, 2.24) is 0 Å². The first-order valence-corrected chi connectivity index (χ1v) is 19.4. The summed E-state index contributed by atoms with van der Waals surface area (Å²) in [6.45, 7) is 0. The Bertz CT molecular complexity index is 3310. The Balaban J connectivity index is 1.22. The van der Waals surface area contributed by atoms with Gasteiger partial charge in [0, 0.05) is 10.8 Å². The molecular weight excluding hydrogens is 677 g/mol. The highest BCUT2D eigenvalue weighted by molar-refractivity contribution is 6.16. The van der Waals surface area contributed by atoms with E-state index in [4.69, 9.17) is 4.42 Å². The van der Waals surface area contributed by atoms with E-state index in [2.05, 4.69) is 206 Å². The highest BCUT2D eigenvalue weighted by Gasteiger charge is 2.48. The van der Waals surface area contributed by atoms with Gasteiger partial charge in [-0.15, -0.1) is 0 Å². The molecule has 1 heterocycles. The van der Waals surface area contributed by atoms with Crippen molar-refractivity contribution in [2.24, 2.45) is 0 Å². The van der Waals surface area contributed by atoms with Gasteiger partial charge in [0.05, 0.1) is 5.41 Å². The van der Waals surface area contributed by atoms with Crippen LogP contribution in [0.15, 0.2) is 211 Å². The lowest BCUT2D eigenvalue weighted by Gasteiger charge is -2.35. The number of furan rings is 1. The molecule has 0 unspecified atom stereocenters.